The van der Waals surface area contributed by atoms with Crippen LogP contribution in [0, 0.1) is 5.41 Å². The molecule has 0 bridgehead atoms. The molecule has 0 spiro atoms. The molecule has 1 heterocycles. The summed E-state index contributed by atoms with van der Waals surface area (Å²) in [6.45, 7) is 12.5. The molecule has 0 radical (unpaired) electrons. The topological polar surface area (TPSA) is 42.7 Å². The van der Waals surface area contributed by atoms with E-state index in [4.69, 9.17) is 21.8 Å². The normalized spacial score (nSPS) is 12.3. The van der Waals surface area contributed by atoms with Crippen LogP contribution in [0.25, 0.3) is 11.3 Å². The van der Waals surface area contributed by atoms with Gasteiger partial charge in [0.15, 0.2) is 0 Å². The Morgan fingerprint density at radius 3 is 2.21 bits per heavy atom. The lowest BCUT2D eigenvalue weighted by Gasteiger charge is -2.33. The van der Waals surface area contributed by atoms with Gasteiger partial charge in [-0.05, 0) is 37.3 Å². The Balaban J connectivity index is 1.86. The number of hydrogen-bond donors (Lipinski definition) is 1. The molecule has 0 saturated carbocycles. The van der Waals surface area contributed by atoms with Crippen LogP contribution in [0.5, 0.6) is 0 Å². The molecule has 1 N–H and O–H groups in total. The summed E-state index contributed by atoms with van der Waals surface area (Å²) in [4.78, 5) is 1.75. The average molecular weight is 411 g/mol. The maximum absolute atomic E-state index is 6.34. The standard InChI is InChI=1S/C24H31ClN4/c1-23(2,3)17-24(4,5)26-15-21-22(18-11-7-6-8-12-18)28-29(27-21)16-19-13-9-10-14-20(19)25/h6-14,26H,15-17H2,1-5H3. The SMILES string of the molecule is CC(C)(C)CC(C)(C)NCc1nn(Cc2ccccc2Cl)nc1-c1ccccc1. The van der Waals surface area contributed by atoms with E-state index >= 15 is 0 Å². The first kappa shape index (κ1) is 21.5. The first-order valence-corrected chi connectivity index (χ1v) is 10.5. The molecule has 0 fully saturated rings. The molecular formula is C24H31ClN4. The van der Waals surface area contributed by atoms with Crippen molar-refractivity contribution >= 4 is 11.6 Å². The van der Waals surface area contributed by atoms with Gasteiger partial charge in [0.05, 0.1) is 6.54 Å². The Labute approximate surface area is 179 Å². The zero-order chi connectivity index (χ0) is 21.1. The number of nitrogens with one attached hydrogen (secondary N) is 1. The van der Waals surface area contributed by atoms with Gasteiger partial charge in [-0.2, -0.15) is 15.0 Å². The third-order valence-corrected chi connectivity index (χ3v) is 5.12. The first-order valence-electron chi connectivity index (χ1n) is 10.1. The van der Waals surface area contributed by atoms with Crippen molar-refractivity contribution in [1.82, 2.24) is 20.3 Å². The number of benzene rings is 2. The molecule has 0 aliphatic rings. The molecule has 29 heavy (non-hydrogen) atoms. The number of nitrogens with zero attached hydrogens (tertiary/aromatic N) is 3. The second-order valence-electron chi connectivity index (χ2n) is 9.46. The molecule has 0 unspecified atom stereocenters. The monoisotopic (exact) mass is 410 g/mol. The van der Waals surface area contributed by atoms with Crippen LogP contribution in [0.3, 0.4) is 0 Å². The van der Waals surface area contributed by atoms with Gasteiger partial charge in [0.2, 0.25) is 0 Å². The Bertz CT molecular complexity index is 939. The number of halogens is 1. The van der Waals surface area contributed by atoms with Crippen molar-refractivity contribution in [3.63, 3.8) is 0 Å². The van der Waals surface area contributed by atoms with Crippen LogP contribution in [0.4, 0.5) is 0 Å². The lowest BCUT2D eigenvalue weighted by Crippen LogP contribution is -2.42. The Kier molecular flexibility index (Phi) is 6.45. The van der Waals surface area contributed by atoms with Gasteiger partial charge >= 0.3 is 0 Å². The van der Waals surface area contributed by atoms with Gasteiger partial charge in [-0.15, -0.1) is 0 Å². The van der Waals surface area contributed by atoms with Gasteiger partial charge in [-0.25, -0.2) is 0 Å². The molecule has 5 heteroatoms. The van der Waals surface area contributed by atoms with E-state index in [1.54, 1.807) is 4.80 Å². The molecular weight excluding hydrogens is 380 g/mol. The van der Waals surface area contributed by atoms with Gasteiger partial charge in [-0.3, -0.25) is 0 Å². The first-order chi connectivity index (χ1) is 13.6. The highest BCUT2D eigenvalue weighted by Crippen LogP contribution is 2.28. The highest BCUT2D eigenvalue weighted by Gasteiger charge is 2.26. The van der Waals surface area contributed by atoms with E-state index < -0.39 is 0 Å². The van der Waals surface area contributed by atoms with E-state index in [-0.39, 0.29) is 11.0 Å². The fraction of sp³-hybridized carbons (Fsp3) is 0.417. The van der Waals surface area contributed by atoms with Crippen molar-refractivity contribution in [2.75, 3.05) is 0 Å². The van der Waals surface area contributed by atoms with E-state index in [1.807, 2.05) is 42.5 Å². The molecule has 0 aliphatic carbocycles. The summed E-state index contributed by atoms with van der Waals surface area (Å²) in [5, 5.41) is 14.0. The molecule has 4 nitrogen and oxygen atoms in total. The summed E-state index contributed by atoms with van der Waals surface area (Å²) >= 11 is 6.34. The molecule has 3 rings (SSSR count). The minimum absolute atomic E-state index is 0.00126. The van der Waals surface area contributed by atoms with Crippen LogP contribution < -0.4 is 5.32 Å². The third kappa shape index (κ3) is 6.15. The Morgan fingerprint density at radius 2 is 1.55 bits per heavy atom. The molecule has 2 aromatic carbocycles. The summed E-state index contributed by atoms with van der Waals surface area (Å²) in [7, 11) is 0. The fourth-order valence-electron chi connectivity index (χ4n) is 3.88. The Morgan fingerprint density at radius 1 is 0.897 bits per heavy atom. The summed E-state index contributed by atoms with van der Waals surface area (Å²) in [6.07, 6.45) is 1.06. The van der Waals surface area contributed by atoms with Gasteiger partial charge in [0.1, 0.15) is 11.4 Å². The molecule has 0 saturated heterocycles. The van der Waals surface area contributed by atoms with Crippen molar-refractivity contribution in [3.8, 4) is 11.3 Å². The van der Waals surface area contributed by atoms with Gasteiger partial charge in [-0.1, -0.05) is 80.9 Å². The third-order valence-electron chi connectivity index (χ3n) is 4.75. The predicted octanol–water partition coefficient (Wildman–Crippen LogP) is 5.95. The quantitative estimate of drug-likeness (QED) is 0.523. The van der Waals surface area contributed by atoms with E-state index in [0.29, 0.717) is 13.1 Å². The number of aromatic nitrogens is 3. The van der Waals surface area contributed by atoms with Crippen LogP contribution >= 0.6 is 11.6 Å². The molecule has 1 aromatic heterocycles. The van der Waals surface area contributed by atoms with E-state index in [1.165, 1.54) is 0 Å². The van der Waals surface area contributed by atoms with Crippen LogP contribution in [-0.2, 0) is 13.1 Å². The van der Waals surface area contributed by atoms with E-state index in [9.17, 15) is 0 Å². The van der Waals surface area contributed by atoms with Crippen LogP contribution in [0.15, 0.2) is 54.6 Å². The molecule has 0 aliphatic heterocycles. The molecule has 3 aromatic rings. The van der Waals surface area contributed by atoms with Crippen molar-refractivity contribution in [1.29, 1.82) is 0 Å². The minimum atomic E-state index is -0.00126. The predicted molar refractivity (Wildman–Crippen MR) is 121 cm³/mol. The van der Waals surface area contributed by atoms with Gasteiger partial charge in [0, 0.05) is 22.7 Å². The van der Waals surface area contributed by atoms with Crippen LogP contribution in [-0.4, -0.2) is 20.5 Å². The fourth-order valence-corrected chi connectivity index (χ4v) is 4.08. The van der Waals surface area contributed by atoms with Crippen LogP contribution in [0.1, 0.15) is 52.3 Å². The van der Waals surface area contributed by atoms with Crippen LogP contribution in [0.2, 0.25) is 5.02 Å². The zero-order valence-electron chi connectivity index (χ0n) is 18.0. The molecule has 0 atom stereocenters. The highest BCUT2D eigenvalue weighted by molar-refractivity contribution is 6.31. The second kappa shape index (κ2) is 8.68. The van der Waals surface area contributed by atoms with E-state index in [0.717, 1.165) is 34.0 Å². The van der Waals surface area contributed by atoms with Crippen molar-refractivity contribution in [3.05, 3.63) is 70.9 Å². The summed E-state index contributed by atoms with van der Waals surface area (Å²) in [6, 6.07) is 18.1. The average Bonchev–Trinajstić information content (AvgIpc) is 3.04. The molecule has 0 amide bonds. The number of hydrogen-bond acceptors (Lipinski definition) is 3. The maximum atomic E-state index is 6.34. The summed E-state index contributed by atoms with van der Waals surface area (Å²) in [5.74, 6) is 0. The maximum Gasteiger partial charge on any atom is 0.117 e. The minimum Gasteiger partial charge on any atom is -0.306 e. The highest BCUT2D eigenvalue weighted by atomic mass is 35.5. The smallest absolute Gasteiger partial charge is 0.117 e. The van der Waals surface area contributed by atoms with Gasteiger partial charge in [0.25, 0.3) is 0 Å². The molecule has 154 valence electrons. The summed E-state index contributed by atoms with van der Waals surface area (Å²) < 4.78 is 0. The largest absolute Gasteiger partial charge is 0.306 e. The van der Waals surface area contributed by atoms with Crippen molar-refractivity contribution in [2.45, 2.75) is 59.7 Å². The Hall–Kier alpha value is -2.17. The second-order valence-corrected chi connectivity index (χ2v) is 9.87. The zero-order valence-corrected chi connectivity index (χ0v) is 18.8. The van der Waals surface area contributed by atoms with Crippen molar-refractivity contribution < 1.29 is 0 Å². The lowest BCUT2D eigenvalue weighted by atomic mass is 9.82. The van der Waals surface area contributed by atoms with Gasteiger partial charge < -0.3 is 5.32 Å². The van der Waals surface area contributed by atoms with E-state index in [2.05, 4.69) is 52.1 Å². The van der Waals surface area contributed by atoms with Crippen molar-refractivity contribution in [2.24, 2.45) is 5.41 Å². The summed E-state index contributed by atoms with van der Waals surface area (Å²) in [5.41, 5.74) is 4.20. The number of rotatable bonds is 7. The lowest BCUT2D eigenvalue weighted by molar-refractivity contribution is 0.240.